The molecule has 0 aliphatic heterocycles. The molecule has 1 heteroatoms. The molecule has 1 fully saturated rings. The molecule has 0 amide bonds. The van der Waals surface area contributed by atoms with Crippen molar-refractivity contribution in [3.05, 3.63) is 41.5 Å². The molecule has 1 saturated carbocycles. The van der Waals surface area contributed by atoms with Crippen molar-refractivity contribution >= 4 is 5.57 Å². The van der Waals surface area contributed by atoms with Crippen LogP contribution in [0.4, 0.5) is 0 Å². The number of aryl methyl sites for hydroxylation is 1. The molecule has 2 atom stereocenters. The summed E-state index contributed by atoms with van der Waals surface area (Å²) in [6.45, 7) is 8.65. The molecule has 1 N–H and O–H groups in total. The van der Waals surface area contributed by atoms with Gasteiger partial charge in [0, 0.05) is 6.54 Å². The van der Waals surface area contributed by atoms with Gasteiger partial charge in [-0.05, 0) is 59.9 Å². The summed E-state index contributed by atoms with van der Waals surface area (Å²) in [5.41, 5.74) is 5.62. The smallest absolute Gasteiger partial charge is 0.0205 e. The summed E-state index contributed by atoms with van der Waals surface area (Å²) in [6, 6.07) is 6.86. The van der Waals surface area contributed by atoms with Crippen LogP contribution in [0.5, 0.6) is 0 Å². The zero-order chi connectivity index (χ0) is 11.8. The van der Waals surface area contributed by atoms with Crippen LogP contribution >= 0.6 is 0 Å². The van der Waals surface area contributed by atoms with Gasteiger partial charge in [0.2, 0.25) is 0 Å². The van der Waals surface area contributed by atoms with Crippen LogP contribution in [-0.2, 0) is 13.0 Å². The average molecular weight is 227 g/mol. The van der Waals surface area contributed by atoms with Crippen LogP contribution in [0.25, 0.3) is 5.57 Å². The van der Waals surface area contributed by atoms with Crippen LogP contribution in [0.15, 0.2) is 24.8 Å². The zero-order valence-electron chi connectivity index (χ0n) is 10.6. The monoisotopic (exact) mass is 227 g/mol. The SMILES string of the molecule is C=C1CCc2cc(CNCC3CC3C)ccc21. The molecular weight excluding hydrogens is 206 g/mol. The number of hydrogen-bond acceptors (Lipinski definition) is 1. The molecule has 2 unspecified atom stereocenters. The molecule has 17 heavy (non-hydrogen) atoms. The fraction of sp³-hybridized carbons (Fsp3) is 0.500. The minimum atomic E-state index is 0.934. The Kier molecular flexibility index (Phi) is 2.79. The number of benzene rings is 1. The van der Waals surface area contributed by atoms with Crippen LogP contribution < -0.4 is 5.32 Å². The van der Waals surface area contributed by atoms with Gasteiger partial charge in [-0.2, -0.15) is 0 Å². The zero-order valence-corrected chi connectivity index (χ0v) is 10.6. The Morgan fingerprint density at radius 2 is 2.18 bits per heavy atom. The van der Waals surface area contributed by atoms with Crippen LogP contribution in [0.2, 0.25) is 0 Å². The summed E-state index contributed by atoms with van der Waals surface area (Å²) in [6.07, 6.45) is 3.74. The van der Waals surface area contributed by atoms with Crippen molar-refractivity contribution in [1.29, 1.82) is 0 Å². The van der Waals surface area contributed by atoms with E-state index in [1.807, 2.05) is 0 Å². The van der Waals surface area contributed by atoms with E-state index in [1.54, 1.807) is 0 Å². The number of allylic oxidation sites excluding steroid dienone is 1. The Balaban J connectivity index is 1.58. The van der Waals surface area contributed by atoms with E-state index >= 15 is 0 Å². The maximum atomic E-state index is 4.11. The Bertz CT molecular complexity index is 447. The van der Waals surface area contributed by atoms with Gasteiger partial charge >= 0.3 is 0 Å². The molecule has 3 rings (SSSR count). The third-order valence-corrected chi connectivity index (χ3v) is 4.26. The van der Waals surface area contributed by atoms with Gasteiger partial charge in [0.1, 0.15) is 0 Å². The van der Waals surface area contributed by atoms with E-state index in [1.165, 1.54) is 41.6 Å². The second-order valence-electron chi connectivity index (χ2n) is 5.70. The lowest BCUT2D eigenvalue weighted by Crippen LogP contribution is -2.16. The van der Waals surface area contributed by atoms with Gasteiger partial charge < -0.3 is 5.32 Å². The van der Waals surface area contributed by atoms with Crippen LogP contribution in [0.1, 0.15) is 36.5 Å². The summed E-state index contributed by atoms with van der Waals surface area (Å²) in [4.78, 5) is 0. The summed E-state index contributed by atoms with van der Waals surface area (Å²) in [5.74, 6) is 1.88. The molecule has 1 aromatic rings. The summed E-state index contributed by atoms with van der Waals surface area (Å²) < 4.78 is 0. The highest BCUT2D eigenvalue weighted by molar-refractivity contribution is 5.70. The number of fused-ring (bicyclic) bond motifs is 1. The standard InChI is InChI=1S/C16H21N/c1-11-3-5-14-8-13(4-6-16(11)14)9-17-10-15-7-12(15)2/h4,6,8,12,15,17H,1,3,5,7,9-10H2,2H3. The van der Waals surface area contributed by atoms with E-state index in [2.05, 4.69) is 37.0 Å². The van der Waals surface area contributed by atoms with Gasteiger partial charge in [-0.1, -0.05) is 31.7 Å². The summed E-state index contributed by atoms with van der Waals surface area (Å²) in [5, 5.41) is 3.57. The Morgan fingerprint density at radius 3 is 2.94 bits per heavy atom. The Hall–Kier alpha value is -1.08. The fourth-order valence-corrected chi connectivity index (χ4v) is 2.81. The minimum Gasteiger partial charge on any atom is -0.312 e. The summed E-state index contributed by atoms with van der Waals surface area (Å²) in [7, 11) is 0. The van der Waals surface area contributed by atoms with Crippen molar-refractivity contribution in [2.24, 2.45) is 11.8 Å². The van der Waals surface area contributed by atoms with E-state index in [0.717, 1.165) is 24.8 Å². The van der Waals surface area contributed by atoms with Crippen molar-refractivity contribution in [1.82, 2.24) is 5.32 Å². The van der Waals surface area contributed by atoms with Crippen molar-refractivity contribution < 1.29 is 0 Å². The van der Waals surface area contributed by atoms with Crippen molar-refractivity contribution in [2.45, 2.75) is 32.7 Å². The fourth-order valence-electron chi connectivity index (χ4n) is 2.81. The minimum absolute atomic E-state index is 0.934. The quantitative estimate of drug-likeness (QED) is 0.831. The van der Waals surface area contributed by atoms with E-state index in [9.17, 15) is 0 Å². The van der Waals surface area contributed by atoms with E-state index in [4.69, 9.17) is 0 Å². The molecule has 0 heterocycles. The molecule has 1 aromatic carbocycles. The molecule has 0 aromatic heterocycles. The van der Waals surface area contributed by atoms with Gasteiger partial charge in [-0.3, -0.25) is 0 Å². The third-order valence-electron chi connectivity index (χ3n) is 4.26. The molecular formula is C16H21N. The molecule has 1 nitrogen and oxygen atoms in total. The van der Waals surface area contributed by atoms with Gasteiger partial charge in [0.15, 0.2) is 0 Å². The largest absolute Gasteiger partial charge is 0.312 e. The first kappa shape index (κ1) is 11.0. The van der Waals surface area contributed by atoms with Crippen LogP contribution in [0, 0.1) is 11.8 Å². The maximum absolute atomic E-state index is 4.11. The second-order valence-corrected chi connectivity index (χ2v) is 5.70. The highest BCUT2D eigenvalue weighted by Gasteiger charge is 2.31. The van der Waals surface area contributed by atoms with Gasteiger partial charge in [0.05, 0.1) is 0 Å². The predicted octanol–water partition coefficient (Wildman–Crippen LogP) is 3.39. The van der Waals surface area contributed by atoms with Crippen LogP contribution in [-0.4, -0.2) is 6.54 Å². The van der Waals surface area contributed by atoms with E-state index in [0.29, 0.717) is 0 Å². The lowest BCUT2D eigenvalue weighted by Gasteiger charge is -2.07. The number of nitrogens with one attached hydrogen (secondary N) is 1. The van der Waals surface area contributed by atoms with Crippen LogP contribution in [0.3, 0.4) is 0 Å². The van der Waals surface area contributed by atoms with Gasteiger partial charge in [0.25, 0.3) is 0 Å². The van der Waals surface area contributed by atoms with Crippen molar-refractivity contribution in [3.8, 4) is 0 Å². The third kappa shape index (κ3) is 2.30. The number of hydrogen-bond donors (Lipinski definition) is 1. The van der Waals surface area contributed by atoms with Gasteiger partial charge in [-0.15, -0.1) is 0 Å². The average Bonchev–Trinajstić information content (AvgIpc) is 2.89. The molecule has 0 saturated heterocycles. The predicted molar refractivity (Wildman–Crippen MR) is 72.8 cm³/mol. The Labute approximate surface area is 104 Å². The lowest BCUT2D eigenvalue weighted by molar-refractivity contribution is 0.612. The normalized spacial score (nSPS) is 26.1. The van der Waals surface area contributed by atoms with E-state index < -0.39 is 0 Å². The molecule has 2 aliphatic carbocycles. The second kappa shape index (κ2) is 4.30. The highest BCUT2D eigenvalue weighted by atomic mass is 14.9. The topological polar surface area (TPSA) is 12.0 Å². The maximum Gasteiger partial charge on any atom is 0.0205 e. The van der Waals surface area contributed by atoms with Crippen molar-refractivity contribution in [3.63, 3.8) is 0 Å². The highest BCUT2D eigenvalue weighted by Crippen LogP contribution is 2.36. The first-order valence-electron chi connectivity index (χ1n) is 6.74. The number of rotatable bonds is 4. The lowest BCUT2D eigenvalue weighted by atomic mass is 10.1. The molecule has 2 aliphatic rings. The molecule has 0 radical (unpaired) electrons. The molecule has 0 spiro atoms. The summed E-state index contributed by atoms with van der Waals surface area (Å²) >= 11 is 0. The van der Waals surface area contributed by atoms with E-state index in [-0.39, 0.29) is 0 Å². The van der Waals surface area contributed by atoms with Crippen molar-refractivity contribution in [2.75, 3.05) is 6.54 Å². The van der Waals surface area contributed by atoms with Gasteiger partial charge in [-0.25, -0.2) is 0 Å². The Morgan fingerprint density at radius 1 is 1.35 bits per heavy atom. The first-order valence-corrected chi connectivity index (χ1v) is 6.74. The molecule has 90 valence electrons. The first-order chi connectivity index (χ1) is 8.24. The molecule has 0 bridgehead atoms.